The van der Waals surface area contributed by atoms with E-state index in [0.29, 0.717) is 5.75 Å². The molecule has 0 saturated carbocycles. The zero-order chi connectivity index (χ0) is 16.2. The van der Waals surface area contributed by atoms with Crippen molar-refractivity contribution < 1.29 is 19.4 Å². The van der Waals surface area contributed by atoms with Crippen molar-refractivity contribution in [1.82, 2.24) is 0 Å². The van der Waals surface area contributed by atoms with Gasteiger partial charge in [0, 0.05) is 10.0 Å². The number of hydrogen-bond acceptors (Lipinski definition) is 4. The van der Waals surface area contributed by atoms with Crippen LogP contribution in [0.2, 0.25) is 0 Å². The number of esters is 1. The second kappa shape index (κ2) is 8.31. The van der Waals surface area contributed by atoms with Crippen molar-refractivity contribution in [1.29, 1.82) is 0 Å². The molecule has 1 unspecified atom stereocenters. The fraction of sp³-hybridized carbons (Fsp3) is 0.357. The van der Waals surface area contributed by atoms with Gasteiger partial charge in [-0.2, -0.15) is 0 Å². The first kappa shape index (κ1) is 18.7. The van der Waals surface area contributed by atoms with Gasteiger partial charge in [0.2, 0.25) is 0 Å². The standard InChI is InChI=1S/C14H15Br3O4/c1-7(2)14(19)21-6-9(18)5-20-13-11(16)4-10(15)8(3)12(13)17/h4,9,18H,1,5-6H2,2-3H3. The van der Waals surface area contributed by atoms with E-state index in [1.165, 1.54) is 0 Å². The van der Waals surface area contributed by atoms with Crippen LogP contribution in [0.3, 0.4) is 0 Å². The van der Waals surface area contributed by atoms with Crippen molar-refractivity contribution in [3.63, 3.8) is 0 Å². The van der Waals surface area contributed by atoms with E-state index in [2.05, 4.69) is 54.4 Å². The van der Waals surface area contributed by atoms with Crippen LogP contribution in [-0.2, 0) is 9.53 Å². The van der Waals surface area contributed by atoms with Crippen molar-refractivity contribution in [3.05, 3.63) is 37.2 Å². The minimum absolute atomic E-state index is 0.00173. The largest absolute Gasteiger partial charge is 0.488 e. The summed E-state index contributed by atoms with van der Waals surface area (Å²) < 4.78 is 12.9. The Kier molecular flexibility index (Phi) is 7.39. The zero-order valence-electron chi connectivity index (χ0n) is 11.6. The highest BCUT2D eigenvalue weighted by Crippen LogP contribution is 2.39. The first-order valence-corrected chi connectivity index (χ1v) is 8.39. The molecular formula is C14H15Br3O4. The van der Waals surface area contributed by atoms with Gasteiger partial charge in [-0.1, -0.05) is 22.5 Å². The van der Waals surface area contributed by atoms with E-state index in [4.69, 9.17) is 9.47 Å². The van der Waals surface area contributed by atoms with Crippen molar-refractivity contribution >= 4 is 53.8 Å². The molecule has 1 N–H and O–H groups in total. The van der Waals surface area contributed by atoms with Crippen LogP contribution in [0, 0.1) is 6.92 Å². The molecular weight excluding hydrogens is 472 g/mol. The Morgan fingerprint density at radius 3 is 2.52 bits per heavy atom. The monoisotopic (exact) mass is 484 g/mol. The Labute approximate surface area is 148 Å². The quantitative estimate of drug-likeness (QED) is 0.485. The number of rotatable bonds is 6. The van der Waals surface area contributed by atoms with Crippen LogP contribution >= 0.6 is 47.8 Å². The van der Waals surface area contributed by atoms with Gasteiger partial charge in [-0.05, 0) is 57.3 Å². The molecule has 0 aliphatic heterocycles. The molecule has 0 aliphatic carbocycles. The fourth-order valence-corrected chi connectivity index (χ4v) is 3.67. The van der Waals surface area contributed by atoms with Gasteiger partial charge in [-0.15, -0.1) is 0 Å². The Balaban J connectivity index is 2.62. The van der Waals surface area contributed by atoms with Crippen molar-refractivity contribution in [2.75, 3.05) is 13.2 Å². The minimum Gasteiger partial charge on any atom is -0.488 e. The molecule has 0 fully saturated rings. The number of aliphatic hydroxyl groups is 1. The van der Waals surface area contributed by atoms with Gasteiger partial charge in [-0.3, -0.25) is 0 Å². The molecule has 0 spiro atoms. The van der Waals surface area contributed by atoms with Gasteiger partial charge in [0.1, 0.15) is 25.1 Å². The maximum absolute atomic E-state index is 11.2. The lowest BCUT2D eigenvalue weighted by Gasteiger charge is -2.16. The summed E-state index contributed by atoms with van der Waals surface area (Å²) in [6, 6.07) is 1.86. The molecule has 0 aromatic heterocycles. The van der Waals surface area contributed by atoms with Gasteiger partial charge < -0.3 is 14.6 Å². The van der Waals surface area contributed by atoms with Crippen LogP contribution < -0.4 is 4.74 Å². The second-order valence-electron chi connectivity index (χ2n) is 4.45. The van der Waals surface area contributed by atoms with Gasteiger partial charge >= 0.3 is 5.97 Å². The third kappa shape index (κ3) is 5.39. The highest BCUT2D eigenvalue weighted by Gasteiger charge is 2.15. The molecule has 1 rings (SSSR count). The molecule has 0 aliphatic rings. The van der Waals surface area contributed by atoms with Gasteiger partial charge in [0.25, 0.3) is 0 Å². The number of carbonyl (C=O) groups excluding carboxylic acids is 1. The molecule has 116 valence electrons. The van der Waals surface area contributed by atoms with Crippen molar-refractivity contribution in [2.24, 2.45) is 0 Å². The van der Waals surface area contributed by atoms with E-state index in [0.717, 1.165) is 19.0 Å². The maximum atomic E-state index is 11.2. The molecule has 0 heterocycles. The normalized spacial score (nSPS) is 11.9. The first-order valence-electron chi connectivity index (χ1n) is 6.01. The SMILES string of the molecule is C=C(C)C(=O)OCC(O)COc1c(Br)cc(Br)c(C)c1Br. The smallest absolute Gasteiger partial charge is 0.333 e. The van der Waals surface area contributed by atoms with Gasteiger partial charge in [0.15, 0.2) is 0 Å². The van der Waals surface area contributed by atoms with E-state index >= 15 is 0 Å². The molecule has 7 heteroatoms. The van der Waals surface area contributed by atoms with Crippen LogP contribution in [-0.4, -0.2) is 30.4 Å². The molecule has 1 aromatic carbocycles. The molecule has 0 bridgehead atoms. The molecule has 21 heavy (non-hydrogen) atoms. The first-order chi connectivity index (χ1) is 9.73. The van der Waals surface area contributed by atoms with Crippen LogP contribution in [0.1, 0.15) is 12.5 Å². The number of aliphatic hydroxyl groups excluding tert-OH is 1. The highest BCUT2D eigenvalue weighted by molar-refractivity contribution is 9.11. The summed E-state index contributed by atoms with van der Waals surface area (Å²) in [5.41, 5.74) is 1.27. The predicted molar refractivity (Wildman–Crippen MR) is 91.6 cm³/mol. The molecule has 0 saturated heterocycles. The average Bonchev–Trinajstić information content (AvgIpc) is 2.41. The lowest BCUT2D eigenvalue weighted by molar-refractivity contribution is -0.142. The van der Waals surface area contributed by atoms with E-state index in [1.54, 1.807) is 6.92 Å². The molecule has 0 radical (unpaired) electrons. The van der Waals surface area contributed by atoms with Crippen LogP contribution in [0.4, 0.5) is 0 Å². The number of halogens is 3. The second-order valence-corrected chi connectivity index (χ2v) is 6.95. The maximum Gasteiger partial charge on any atom is 0.333 e. The van der Waals surface area contributed by atoms with E-state index < -0.39 is 12.1 Å². The molecule has 4 nitrogen and oxygen atoms in total. The number of ether oxygens (including phenoxy) is 2. The summed E-state index contributed by atoms with van der Waals surface area (Å²) in [4.78, 5) is 11.2. The summed E-state index contributed by atoms with van der Waals surface area (Å²) in [6.07, 6.45) is -0.920. The van der Waals surface area contributed by atoms with Gasteiger partial charge in [-0.25, -0.2) is 4.79 Å². The van der Waals surface area contributed by atoms with Crippen molar-refractivity contribution in [2.45, 2.75) is 20.0 Å². The Bertz CT molecular complexity index is 558. The highest BCUT2D eigenvalue weighted by atomic mass is 79.9. The lowest BCUT2D eigenvalue weighted by atomic mass is 10.2. The third-order valence-electron chi connectivity index (χ3n) is 2.53. The van der Waals surface area contributed by atoms with E-state index in [1.807, 2.05) is 13.0 Å². The number of carbonyl (C=O) groups is 1. The summed E-state index contributed by atoms with van der Waals surface area (Å²) in [5, 5.41) is 9.78. The molecule has 1 atom stereocenters. The topological polar surface area (TPSA) is 55.8 Å². The minimum atomic E-state index is -0.920. The molecule has 0 amide bonds. The van der Waals surface area contributed by atoms with Crippen LogP contribution in [0.25, 0.3) is 0 Å². The summed E-state index contributed by atoms with van der Waals surface area (Å²) in [7, 11) is 0. The van der Waals surface area contributed by atoms with E-state index in [9.17, 15) is 9.90 Å². The summed E-state index contributed by atoms with van der Waals surface area (Å²) >= 11 is 10.3. The summed E-state index contributed by atoms with van der Waals surface area (Å²) in [5.74, 6) is 0.0527. The Hall–Kier alpha value is -0.370. The number of benzene rings is 1. The summed E-state index contributed by atoms with van der Waals surface area (Å²) in [6.45, 7) is 6.80. The van der Waals surface area contributed by atoms with Crippen molar-refractivity contribution in [3.8, 4) is 5.75 Å². The number of hydrogen-bond donors (Lipinski definition) is 1. The van der Waals surface area contributed by atoms with Crippen LogP contribution in [0.5, 0.6) is 5.75 Å². The fourth-order valence-electron chi connectivity index (χ4n) is 1.32. The van der Waals surface area contributed by atoms with E-state index in [-0.39, 0.29) is 18.8 Å². The van der Waals surface area contributed by atoms with Crippen LogP contribution in [0.15, 0.2) is 31.6 Å². The van der Waals surface area contributed by atoms with Gasteiger partial charge in [0.05, 0.1) is 8.95 Å². The lowest BCUT2D eigenvalue weighted by Crippen LogP contribution is -2.25. The predicted octanol–water partition coefficient (Wildman–Crippen LogP) is 4.14. The average molecular weight is 487 g/mol. The molecule has 1 aromatic rings. The zero-order valence-corrected chi connectivity index (χ0v) is 16.3. The Morgan fingerprint density at radius 2 is 1.95 bits per heavy atom. The third-order valence-corrected chi connectivity index (χ3v) is 4.90. The Morgan fingerprint density at radius 1 is 1.33 bits per heavy atom.